The van der Waals surface area contributed by atoms with E-state index in [-0.39, 0.29) is 29.4 Å². The molecule has 2 saturated heterocycles. The molecule has 0 radical (unpaired) electrons. The van der Waals surface area contributed by atoms with Crippen LogP contribution in [-0.2, 0) is 14.8 Å². The molecule has 0 bridgehead atoms. The predicted octanol–water partition coefficient (Wildman–Crippen LogP) is 1.25. The number of sulfonamides is 1. The van der Waals surface area contributed by atoms with Crippen molar-refractivity contribution in [2.45, 2.75) is 25.7 Å². The lowest BCUT2D eigenvalue weighted by molar-refractivity contribution is -0.135. The van der Waals surface area contributed by atoms with Gasteiger partial charge in [-0.1, -0.05) is 30.3 Å². The largest absolute Gasteiger partial charge is 0.341 e. The Morgan fingerprint density at radius 2 is 1.81 bits per heavy atom. The van der Waals surface area contributed by atoms with Crippen LogP contribution in [0, 0.1) is 11.8 Å². The van der Waals surface area contributed by atoms with E-state index < -0.39 is 10.0 Å². The highest BCUT2D eigenvalue weighted by atomic mass is 32.2. The SMILES string of the molecule is CCS(=O)(=O)N1CCC(C(=O)N2C[C@@H](CN)[C@H](c3ccccc3)C2)CC1. The van der Waals surface area contributed by atoms with Gasteiger partial charge in [-0.05, 0) is 37.8 Å². The zero-order chi connectivity index (χ0) is 18.7. The highest BCUT2D eigenvalue weighted by Crippen LogP contribution is 2.34. The van der Waals surface area contributed by atoms with E-state index in [4.69, 9.17) is 5.73 Å². The number of amides is 1. The molecule has 144 valence electrons. The average Bonchev–Trinajstić information content (AvgIpc) is 3.12. The van der Waals surface area contributed by atoms with Crippen LogP contribution in [-0.4, -0.2) is 62.0 Å². The first kappa shape index (κ1) is 19.3. The fourth-order valence-electron chi connectivity index (χ4n) is 4.19. The summed E-state index contributed by atoms with van der Waals surface area (Å²) in [6.07, 6.45) is 1.22. The zero-order valence-corrected chi connectivity index (χ0v) is 16.2. The van der Waals surface area contributed by atoms with Crippen molar-refractivity contribution in [3.05, 3.63) is 35.9 Å². The quantitative estimate of drug-likeness (QED) is 0.834. The van der Waals surface area contributed by atoms with E-state index in [9.17, 15) is 13.2 Å². The number of carbonyl (C=O) groups is 1. The standard InChI is InChI=1S/C19H29N3O3S/c1-2-26(24,25)22-10-8-16(9-11-22)19(23)21-13-17(12-20)18(14-21)15-6-4-3-5-7-15/h3-7,16-18H,2,8-14,20H2,1H3/t17-,18+/m1/s1. The number of hydrogen-bond donors (Lipinski definition) is 1. The third-order valence-corrected chi connectivity index (χ3v) is 7.73. The van der Waals surface area contributed by atoms with Crippen LogP contribution in [0.15, 0.2) is 30.3 Å². The first-order valence-electron chi connectivity index (χ1n) is 9.48. The minimum absolute atomic E-state index is 0.0775. The molecule has 2 aliphatic heterocycles. The Labute approximate surface area is 156 Å². The summed E-state index contributed by atoms with van der Waals surface area (Å²) in [7, 11) is -3.16. The Hall–Kier alpha value is -1.44. The van der Waals surface area contributed by atoms with E-state index in [2.05, 4.69) is 12.1 Å². The summed E-state index contributed by atoms with van der Waals surface area (Å²) in [5, 5.41) is 0. The van der Waals surface area contributed by atoms with Gasteiger partial charge in [0.25, 0.3) is 0 Å². The number of nitrogens with zero attached hydrogens (tertiary/aromatic N) is 2. The lowest BCUT2D eigenvalue weighted by atomic mass is 9.89. The molecule has 0 aliphatic carbocycles. The van der Waals surface area contributed by atoms with E-state index in [0.717, 1.165) is 0 Å². The maximum absolute atomic E-state index is 13.0. The molecule has 3 rings (SSSR count). The molecule has 2 aliphatic rings. The van der Waals surface area contributed by atoms with Gasteiger partial charge in [0.2, 0.25) is 15.9 Å². The third kappa shape index (κ3) is 3.94. The van der Waals surface area contributed by atoms with Crippen molar-refractivity contribution in [2.75, 3.05) is 38.5 Å². The van der Waals surface area contributed by atoms with Crippen molar-refractivity contribution in [1.29, 1.82) is 0 Å². The van der Waals surface area contributed by atoms with E-state index >= 15 is 0 Å². The Kier molecular flexibility index (Phi) is 5.99. The molecule has 6 nitrogen and oxygen atoms in total. The normalized spacial score (nSPS) is 25.5. The van der Waals surface area contributed by atoms with Gasteiger partial charge < -0.3 is 10.6 Å². The van der Waals surface area contributed by atoms with E-state index in [1.807, 2.05) is 23.1 Å². The van der Waals surface area contributed by atoms with Gasteiger partial charge in [-0.2, -0.15) is 0 Å². The van der Waals surface area contributed by atoms with Gasteiger partial charge in [0, 0.05) is 38.0 Å². The molecule has 1 aromatic carbocycles. The Morgan fingerprint density at radius 1 is 1.15 bits per heavy atom. The van der Waals surface area contributed by atoms with Crippen LogP contribution in [0.2, 0.25) is 0 Å². The zero-order valence-electron chi connectivity index (χ0n) is 15.4. The second-order valence-electron chi connectivity index (χ2n) is 7.33. The van der Waals surface area contributed by atoms with Crippen LogP contribution >= 0.6 is 0 Å². The van der Waals surface area contributed by atoms with Crippen LogP contribution in [0.5, 0.6) is 0 Å². The maximum Gasteiger partial charge on any atom is 0.225 e. The smallest absolute Gasteiger partial charge is 0.225 e. The first-order valence-corrected chi connectivity index (χ1v) is 11.1. The van der Waals surface area contributed by atoms with Gasteiger partial charge in [-0.15, -0.1) is 0 Å². The minimum Gasteiger partial charge on any atom is -0.341 e. The van der Waals surface area contributed by atoms with Gasteiger partial charge >= 0.3 is 0 Å². The topological polar surface area (TPSA) is 83.7 Å². The van der Waals surface area contributed by atoms with Crippen molar-refractivity contribution in [3.8, 4) is 0 Å². The molecule has 1 aromatic rings. The number of benzene rings is 1. The molecular formula is C19H29N3O3S. The Balaban J connectivity index is 1.63. The molecule has 2 heterocycles. The van der Waals surface area contributed by atoms with Crippen molar-refractivity contribution in [1.82, 2.24) is 9.21 Å². The van der Waals surface area contributed by atoms with E-state index in [1.54, 1.807) is 6.92 Å². The lowest BCUT2D eigenvalue weighted by Crippen LogP contribution is -2.44. The molecule has 0 unspecified atom stereocenters. The van der Waals surface area contributed by atoms with Gasteiger partial charge in [-0.3, -0.25) is 4.79 Å². The van der Waals surface area contributed by atoms with Crippen LogP contribution < -0.4 is 5.73 Å². The second kappa shape index (κ2) is 8.06. The minimum atomic E-state index is -3.16. The molecule has 1 amide bonds. The van der Waals surface area contributed by atoms with Gasteiger partial charge in [0.15, 0.2) is 0 Å². The summed E-state index contributed by atoms with van der Waals surface area (Å²) in [5.74, 6) is 0.767. The number of piperidine rings is 1. The fourth-order valence-corrected chi connectivity index (χ4v) is 5.32. The molecule has 0 saturated carbocycles. The summed E-state index contributed by atoms with van der Waals surface area (Å²) in [4.78, 5) is 14.9. The van der Waals surface area contributed by atoms with Crippen LogP contribution in [0.4, 0.5) is 0 Å². The summed E-state index contributed by atoms with van der Waals surface area (Å²) < 4.78 is 25.5. The fraction of sp³-hybridized carbons (Fsp3) is 0.632. The summed E-state index contributed by atoms with van der Waals surface area (Å²) in [5.41, 5.74) is 7.21. The monoisotopic (exact) mass is 379 g/mol. The highest BCUT2D eigenvalue weighted by molar-refractivity contribution is 7.89. The predicted molar refractivity (Wildman–Crippen MR) is 102 cm³/mol. The van der Waals surface area contributed by atoms with Crippen molar-refractivity contribution < 1.29 is 13.2 Å². The average molecular weight is 380 g/mol. The molecule has 0 spiro atoms. The number of nitrogens with two attached hydrogens (primary N) is 1. The molecule has 26 heavy (non-hydrogen) atoms. The second-order valence-corrected chi connectivity index (χ2v) is 9.59. The van der Waals surface area contributed by atoms with Crippen molar-refractivity contribution >= 4 is 15.9 Å². The van der Waals surface area contributed by atoms with Crippen LogP contribution in [0.25, 0.3) is 0 Å². The molecule has 2 fully saturated rings. The van der Waals surface area contributed by atoms with Gasteiger partial charge in [0.05, 0.1) is 5.75 Å². The number of rotatable bonds is 5. The first-order chi connectivity index (χ1) is 12.5. The van der Waals surface area contributed by atoms with E-state index in [1.165, 1.54) is 9.87 Å². The molecule has 0 aromatic heterocycles. The van der Waals surface area contributed by atoms with Gasteiger partial charge in [-0.25, -0.2) is 12.7 Å². The van der Waals surface area contributed by atoms with Crippen LogP contribution in [0.3, 0.4) is 0 Å². The molecule has 2 N–H and O–H groups in total. The Bertz CT molecular complexity index is 715. The maximum atomic E-state index is 13.0. The molecule has 7 heteroatoms. The summed E-state index contributed by atoms with van der Waals surface area (Å²) in [6.45, 7) is 4.52. The third-order valence-electron chi connectivity index (χ3n) is 5.84. The van der Waals surface area contributed by atoms with Crippen molar-refractivity contribution in [2.24, 2.45) is 17.6 Å². The molecular weight excluding hydrogens is 350 g/mol. The lowest BCUT2D eigenvalue weighted by Gasteiger charge is -2.32. The highest BCUT2D eigenvalue weighted by Gasteiger charge is 2.39. The molecule has 2 atom stereocenters. The summed E-state index contributed by atoms with van der Waals surface area (Å²) in [6, 6.07) is 10.3. The van der Waals surface area contributed by atoms with E-state index in [0.29, 0.717) is 45.6 Å². The number of likely N-dealkylation sites (tertiary alicyclic amines) is 1. The Morgan fingerprint density at radius 3 is 2.38 bits per heavy atom. The van der Waals surface area contributed by atoms with Crippen molar-refractivity contribution in [3.63, 3.8) is 0 Å². The number of hydrogen-bond acceptors (Lipinski definition) is 4. The van der Waals surface area contributed by atoms with Crippen LogP contribution in [0.1, 0.15) is 31.2 Å². The van der Waals surface area contributed by atoms with Gasteiger partial charge in [0.1, 0.15) is 0 Å². The number of carbonyl (C=O) groups excluding carboxylic acids is 1. The summed E-state index contributed by atoms with van der Waals surface area (Å²) >= 11 is 0.